The van der Waals surface area contributed by atoms with Crippen LogP contribution in [0.3, 0.4) is 0 Å². The van der Waals surface area contributed by atoms with Crippen LogP contribution in [-0.4, -0.2) is 20.2 Å². The van der Waals surface area contributed by atoms with Gasteiger partial charge in [-0.15, -0.1) is 0 Å². The average molecular weight is 227 g/mol. The minimum Gasteiger partial charge on any atom is -0.381 e. The minimum atomic E-state index is 0.350. The van der Waals surface area contributed by atoms with Crippen LogP contribution in [0.2, 0.25) is 0 Å². The second-order valence-corrected chi connectivity index (χ2v) is 3.45. The molecule has 84 valence electrons. The van der Waals surface area contributed by atoms with Gasteiger partial charge in [-0.3, -0.25) is 0 Å². The maximum atomic E-state index is 5.54. The molecule has 0 aliphatic heterocycles. The minimum absolute atomic E-state index is 0.350. The molecule has 3 rings (SSSR count). The van der Waals surface area contributed by atoms with E-state index in [1.807, 2.05) is 24.3 Å². The van der Waals surface area contributed by atoms with E-state index in [0.717, 1.165) is 11.3 Å². The number of nitrogens with zero attached hydrogens (tertiary/aromatic N) is 4. The van der Waals surface area contributed by atoms with Gasteiger partial charge in [0.1, 0.15) is 0 Å². The predicted molar refractivity (Wildman–Crippen MR) is 61.3 cm³/mol. The van der Waals surface area contributed by atoms with E-state index < -0.39 is 0 Å². The van der Waals surface area contributed by atoms with Gasteiger partial charge in [-0.2, -0.15) is 15.0 Å². The third-order valence-electron chi connectivity index (χ3n) is 2.33. The summed E-state index contributed by atoms with van der Waals surface area (Å²) in [4.78, 5) is 1.52. The number of benzene rings is 1. The van der Waals surface area contributed by atoms with Crippen molar-refractivity contribution < 1.29 is 4.52 Å². The summed E-state index contributed by atoms with van der Waals surface area (Å²) in [6, 6.07) is 9.28. The number of anilines is 1. The Hall–Kier alpha value is -2.63. The standard InChI is InChI=1S/C11H9N5O/c12-11-7-10(17-15-11)8-3-1-2-4-9(8)16-13-5-6-14-16/h1-7H,(H2,12,15). The quantitative estimate of drug-likeness (QED) is 0.717. The molecule has 2 aromatic heterocycles. The summed E-state index contributed by atoms with van der Waals surface area (Å²) >= 11 is 0. The van der Waals surface area contributed by atoms with E-state index in [1.54, 1.807) is 18.5 Å². The summed E-state index contributed by atoms with van der Waals surface area (Å²) in [5, 5.41) is 11.9. The van der Waals surface area contributed by atoms with Crippen LogP contribution < -0.4 is 5.73 Å². The first kappa shape index (κ1) is 9.59. The smallest absolute Gasteiger partial charge is 0.171 e. The second kappa shape index (κ2) is 3.75. The van der Waals surface area contributed by atoms with Crippen molar-refractivity contribution in [3.05, 3.63) is 42.7 Å². The Morgan fingerprint density at radius 1 is 1.12 bits per heavy atom. The van der Waals surface area contributed by atoms with Crippen LogP contribution in [0.4, 0.5) is 5.82 Å². The molecule has 0 unspecified atom stereocenters. The van der Waals surface area contributed by atoms with Gasteiger partial charge in [0.2, 0.25) is 0 Å². The van der Waals surface area contributed by atoms with Crippen LogP contribution >= 0.6 is 0 Å². The third-order valence-corrected chi connectivity index (χ3v) is 2.33. The van der Waals surface area contributed by atoms with Crippen LogP contribution in [0.1, 0.15) is 0 Å². The van der Waals surface area contributed by atoms with Gasteiger partial charge >= 0.3 is 0 Å². The first-order valence-corrected chi connectivity index (χ1v) is 5.03. The Morgan fingerprint density at radius 2 is 1.88 bits per heavy atom. The zero-order chi connectivity index (χ0) is 11.7. The number of para-hydroxylation sites is 1. The van der Waals surface area contributed by atoms with Crippen molar-refractivity contribution in [1.82, 2.24) is 20.2 Å². The van der Waals surface area contributed by atoms with Gasteiger partial charge in [-0.1, -0.05) is 17.3 Å². The molecule has 0 saturated carbocycles. The fraction of sp³-hybridized carbons (Fsp3) is 0. The molecule has 0 spiro atoms. The van der Waals surface area contributed by atoms with Crippen LogP contribution in [0.25, 0.3) is 17.0 Å². The summed E-state index contributed by atoms with van der Waals surface area (Å²) in [6.07, 6.45) is 3.23. The summed E-state index contributed by atoms with van der Waals surface area (Å²) in [7, 11) is 0. The maximum Gasteiger partial charge on any atom is 0.171 e. The molecule has 2 heterocycles. The first-order valence-electron chi connectivity index (χ1n) is 5.03. The van der Waals surface area contributed by atoms with E-state index >= 15 is 0 Å². The summed E-state index contributed by atoms with van der Waals surface area (Å²) in [6.45, 7) is 0. The van der Waals surface area contributed by atoms with Crippen LogP contribution in [-0.2, 0) is 0 Å². The lowest BCUT2D eigenvalue weighted by molar-refractivity contribution is 0.435. The summed E-state index contributed by atoms with van der Waals surface area (Å²) in [5.41, 5.74) is 7.20. The highest BCUT2D eigenvalue weighted by Gasteiger charge is 2.11. The zero-order valence-corrected chi connectivity index (χ0v) is 8.82. The summed E-state index contributed by atoms with van der Waals surface area (Å²) in [5.74, 6) is 0.943. The molecule has 0 fully saturated rings. The highest BCUT2D eigenvalue weighted by atomic mass is 16.5. The van der Waals surface area contributed by atoms with Gasteiger partial charge in [0.05, 0.1) is 18.1 Å². The van der Waals surface area contributed by atoms with E-state index in [9.17, 15) is 0 Å². The van der Waals surface area contributed by atoms with Gasteiger partial charge in [0.15, 0.2) is 11.6 Å². The van der Waals surface area contributed by atoms with Gasteiger partial charge in [0.25, 0.3) is 0 Å². The molecule has 6 heteroatoms. The van der Waals surface area contributed by atoms with E-state index in [4.69, 9.17) is 10.3 Å². The maximum absolute atomic E-state index is 5.54. The lowest BCUT2D eigenvalue weighted by Gasteiger charge is -2.04. The topological polar surface area (TPSA) is 82.8 Å². The molecule has 17 heavy (non-hydrogen) atoms. The van der Waals surface area contributed by atoms with Gasteiger partial charge in [0, 0.05) is 11.6 Å². The van der Waals surface area contributed by atoms with Crippen molar-refractivity contribution in [1.29, 1.82) is 0 Å². The molecule has 2 N–H and O–H groups in total. The molecule has 0 atom stereocenters. The van der Waals surface area contributed by atoms with Crippen molar-refractivity contribution in [2.24, 2.45) is 0 Å². The van der Waals surface area contributed by atoms with Gasteiger partial charge < -0.3 is 10.3 Å². The predicted octanol–water partition coefficient (Wildman–Crippen LogP) is 1.50. The molecule has 0 aliphatic carbocycles. The highest BCUT2D eigenvalue weighted by molar-refractivity contribution is 5.69. The molecule has 0 radical (unpaired) electrons. The van der Waals surface area contributed by atoms with E-state index in [-0.39, 0.29) is 0 Å². The fourth-order valence-electron chi connectivity index (χ4n) is 1.61. The SMILES string of the molecule is Nc1cc(-c2ccccc2-n2nccn2)on1. The Bertz CT molecular complexity index is 629. The average Bonchev–Trinajstić information content (AvgIpc) is 3.00. The number of rotatable bonds is 2. The summed E-state index contributed by atoms with van der Waals surface area (Å²) < 4.78 is 5.15. The van der Waals surface area contributed by atoms with E-state index in [1.165, 1.54) is 4.80 Å². The van der Waals surface area contributed by atoms with Crippen molar-refractivity contribution in [2.45, 2.75) is 0 Å². The Kier molecular flexibility index (Phi) is 2.11. The molecule has 0 saturated heterocycles. The Morgan fingerprint density at radius 3 is 2.59 bits per heavy atom. The van der Waals surface area contributed by atoms with Crippen molar-refractivity contribution in [3.8, 4) is 17.0 Å². The van der Waals surface area contributed by atoms with E-state index in [2.05, 4.69) is 15.4 Å². The monoisotopic (exact) mass is 227 g/mol. The van der Waals surface area contributed by atoms with E-state index in [0.29, 0.717) is 11.6 Å². The molecule has 6 nitrogen and oxygen atoms in total. The Labute approximate surface area is 96.6 Å². The number of nitrogens with two attached hydrogens (primary N) is 1. The largest absolute Gasteiger partial charge is 0.381 e. The normalized spacial score (nSPS) is 10.6. The lowest BCUT2D eigenvalue weighted by Crippen LogP contribution is -2.00. The third kappa shape index (κ3) is 1.65. The lowest BCUT2D eigenvalue weighted by atomic mass is 10.1. The van der Waals surface area contributed by atoms with Crippen LogP contribution in [0.5, 0.6) is 0 Å². The highest BCUT2D eigenvalue weighted by Crippen LogP contribution is 2.26. The number of aromatic nitrogens is 4. The number of hydrogen-bond donors (Lipinski definition) is 1. The Balaban J connectivity index is 2.17. The molecule has 1 aromatic carbocycles. The molecule has 0 amide bonds. The van der Waals surface area contributed by atoms with Crippen molar-refractivity contribution in [2.75, 3.05) is 5.73 Å². The fourth-order valence-corrected chi connectivity index (χ4v) is 1.61. The van der Waals surface area contributed by atoms with Crippen LogP contribution in [0.15, 0.2) is 47.2 Å². The molecular weight excluding hydrogens is 218 g/mol. The van der Waals surface area contributed by atoms with Gasteiger partial charge in [-0.25, -0.2) is 0 Å². The van der Waals surface area contributed by atoms with Crippen molar-refractivity contribution in [3.63, 3.8) is 0 Å². The number of hydrogen-bond acceptors (Lipinski definition) is 5. The zero-order valence-electron chi connectivity index (χ0n) is 8.82. The number of nitrogen functional groups attached to an aromatic ring is 1. The molecule has 0 bridgehead atoms. The van der Waals surface area contributed by atoms with Crippen LogP contribution in [0, 0.1) is 0 Å². The second-order valence-electron chi connectivity index (χ2n) is 3.45. The molecule has 3 aromatic rings. The molecular formula is C11H9N5O. The molecule has 0 aliphatic rings. The van der Waals surface area contributed by atoms with Gasteiger partial charge in [-0.05, 0) is 12.1 Å². The first-order chi connectivity index (χ1) is 8.34. The van der Waals surface area contributed by atoms with Crippen molar-refractivity contribution >= 4 is 5.82 Å².